The zero-order valence-electron chi connectivity index (χ0n) is 18.0. The minimum absolute atomic E-state index is 0.0546. The van der Waals surface area contributed by atoms with Gasteiger partial charge in [0, 0.05) is 50.7 Å². The molecule has 5 rings (SSSR count). The van der Waals surface area contributed by atoms with Crippen molar-refractivity contribution in [2.24, 2.45) is 0 Å². The molecule has 0 radical (unpaired) electrons. The van der Waals surface area contributed by atoms with Crippen molar-refractivity contribution >= 4 is 23.2 Å². The standard InChI is InChI=1S/C22H21F3N6O2S/c23-22(24,25)19-17(10-27-31(19)15-4-2-1-3-5-15)20(32)30-11-16(12-30)28-6-8-29(9-7-28)21(33)18-13-34-14-26-18/h1-5,10,13-14,16H,6-9,11-12H2. The van der Waals surface area contributed by atoms with E-state index in [1.54, 1.807) is 34.0 Å². The summed E-state index contributed by atoms with van der Waals surface area (Å²) in [7, 11) is 0. The highest BCUT2D eigenvalue weighted by molar-refractivity contribution is 7.07. The molecule has 2 aliphatic heterocycles. The highest BCUT2D eigenvalue weighted by Gasteiger charge is 2.44. The van der Waals surface area contributed by atoms with Crippen LogP contribution in [0.2, 0.25) is 0 Å². The van der Waals surface area contributed by atoms with Crippen LogP contribution < -0.4 is 0 Å². The number of piperazine rings is 1. The van der Waals surface area contributed by atoms with Gasteiger partial charge in [-0.05, 0) is 12.1 Å². The van der Waals surface area contributed by atoms with E-state index < -0.39 is 23.3 Å². The Balaban J connectivity index is 1.22. The van der Waals surface area contributed by atoms with Crippen molar-refractivity contribution < 1.29 is 22.8 Å². The SMILES string of the molecule is O=C(c1cscn1)N1CCN(C2CN(C(=O)c3cnn(-c4ccccc4)c3C(F)(F)F)C2)CC1. The second-order valence-electron chi connectivity index (χ2n) is 8.22. The summed E-state index contributed by atoms with van der Waals surface area (Å²) in [5.74, 6) is -0.774. The van der Waals surface area contributed by atoms with Gasteiger partial charge in [0.15, 0.2) is 5.69 Å². The van der Waals surface area contributed by atoms with Crippen molar-refractivity contribution in [2.45, 2.75) is 12.2 Å². The molecule has 2 aliphatic rings. The van der Waals surface area contributed by atoms with Gasteiger partial charge < -0.3 is 9.80 Å². The van der Waals surface area contributed by atoms with Gasteiger partial charge in [0.05, 0.1) is 23.0 Å². The maximum Gasteiger partial charge on any atom is 0.434 e. The van der Waals surface area contributed by atoms with Crippen molar-refractivity contribution in [1.29, 1.82) is 0 Å². The quantitative estimate of drug-likeness (QED) is 0.562. The molecule has 2 fully saturated rings. The van der Waals surface area contributed by atoms with Crippen LogP contribution in [0.4, 0.5) is 13.2 Å². The zero-order valence-corrected chi connectivity index (χ0v) is 18.8. The summed E-state index contributed by atoms with van der Waals surface area (Å²) in [4.78, 5) is 34.8. The Morgan fingerprint density at radius 3 is 2.29 bits per heavy atom. The number of likely N-dealkylation sites (tertiary alicyclic amines) is 1. The number of thiazole rings is 1. The summed E-state index contributed by atoms with van der Waals surface area (Å²) < 4.78 is 42.4. The first-order chi connectivity index (χ1) is 16.3. The molecular weight excluding hydrogens is 469 g/mol. The number of amides is 2. The van der Waals surface area contributed by atoms with E-state index >= 15 is 0 Å². The van der Waals surface area contributed by atoms with Gasteiger partial charge in [0.25, 0.3) is 11.8 Å². The Bertz CT molecular complexity index is 1170. The van der Waals surface area contributed by atoms with Crippen LogP contribution in [0.1, 0.15) is 26.5 Å². The van der Waals surface area contributed by atoms with Crippen LogP contribution in [0, 0.1) is 0 Å². The number of aromatic nitrogens is 3. The number of carbonyl (C=O) groups is 2. The normalized spacial score (nSPS) is 17.6. The first-order valence-corrected chi connectivity index (χ1v) is 11.7. The van der Waals surface area contributed by atoms with E-state index in [1.807, 2.05) is 0 Å². The third kappa shape index (κ3) is 4.18. The number of halogens is 3. The van der Waals surface area contributed by atoms with Gasteiger partial charge in [0.1, 0.15) is 5.69 Å². The largest absolute Gasteiger partial charge is 0.434 e. The number of benzene rings is 1. The lowest BCUT2D eigenvalue weighted by molar-refractivity contribution is -0.143. The topological polar surface area (TPSA) is 74.6 Å². The van der Waals surface area contributed by atoms with Crippen LogP contribution in [-0.2, 0) is 6.18 Å². The number of para-hydroxylation sites is 1. The third-order valence-electron chi connectivity index (χ3n) is 6.19. The van der Waals surface area contributed by atoms with Crippen LogP contribution in [-0.4, -0.2) is 86.6 Å². The van der Waals surface area contributed by atoms with Crippen molar-refractivity contribution in [1.82, 2.24) is 29.5 Å². The van der Waals surface area contributed by atoms with E-state index in [0.717, 1.165) is 10.9 Å². The monoisotopic (exact) mass is 490 g/mol. The van der Waals surface area contributed by atoms with Gasteiger partial charge >= 0.3 is 6.18 Å². The fraction of sp³-hybridized carbons (Fsp3) is 0.364. The lowest BCUT2D eigenvalue weighted by atomic mass is 10.0. The molecular formula is C22H21F3N6O2S. The first-order valence-electron chi connectivity index (χ1n) is 10.7. The lowest BCUT2D eigenvalue weighted by Crippen LogP contribution is -2.64. The molecule has 4 heterocycles. The van der Waals surface area contributed by atoms with E-state index in [2.05, 4.69) is 15.0 Å². The molecule has 2 aromatic heterocycles. The molecule has 2 amide bonds. The van der Waals surface area contributed by atoms with Crippen LogP contribution >= 0.6 is 11.3 Å². The summed E-state index contributed by atoms with van der Waals surface area (Å²) in [5, 5.41) is 5.59. The van der Waals surface area contributed by atoms with Gasteiger partial charge in [-0.15, -0.1) is 11.3 Å². The Hall–Kier alpha value is -3.25. The Kier molecular flexibility index (Phi) is 5.86. The fourth-order valence-corrected chi connectivity index (χ4v) is 4.86. The average Bonchev–Trinajstić information content (AvgIpc) is 3.49. The first kappa shape index (κ1) is 22.5. The Morgan fingerprint density at radius 1 is 0.971 bits per heavy atom. The van der Waals surface area contributed by atoms with Crippen molar-refractivity contribution in [2.75, 3.05) is 39.3 Å². The molecule has 0 N–H and O–H groups in total. The Labute approximate surface area is 197 Å². The number of alkyl halides is 3. The van der Waals surface area contributed by atoms with E-state index in [1.165, 1.54) is 28.4 Å². The van der Waals surface area contributed by atoms with Crippen molar-refractivity contribution in [3.05, 3.63) is 64.4 Å². The van der Waals surface area contributed by atoms with E-state index in [-0.39, 0.29) is 17.6 Å². The molecule has 0 unspecified atom stereocenters. The van der Waals surface area contributed by atoms with E-state index in [0.29, 0.717) is 45.0 Å². The van der Waals surface area contributed by atoms with Crippen LogP contribution in [0.15, 0.2) is 47.4 Å². The van der Waals surface area contributed by atoms with Gasteiger partial charge in [-0.3, -0.25) is 14.5 Å². The Morgan fingerprint density at radius 2 is 1.68 bits per heavy atom. The van der Waals surface area contributed by atoms with Gasteiger partial charge in [-0.25, -0.2) is 9.67 Å². The van der Waals surface area contributed by atoms with E-state index in [4.69, 9.17) is 0 Å². The molecule has 0 spiro atoms. The predicted molar refractivity (Wildman–Crippen MR) is 118 cm³/mol. The van der Waals surface area contributed by atoms with Crippen molar-refractivity contribution in [3.63, 3.8) is 0 Å². The maximum atomic E-state index is 13.9. The van der Waals surface area contributed by atoms with Gasteiger partial charge in [-0.1, -0.05) is 18.2 Å². The summed E-state index contributed by atoms with van der Waals surface area (Å²) in [5.41, 5.74) is 0.780. The molecule has 0 atom stereocenters. The summed E-state index contributed by atoms with van der Waals surface area (Å²) in [6, 6.07) is 8.00. The number of carbonyl (C=O) groups excluding carboxylic acids is 2. The summed E-state index contributed by atoms with van der Waals surface area (Å²) in [6.07, 6.45) is -3.74. The zero-order chi connectivity index (χ0) is 23.9. The second-order valence-corrected chi connectivity index (χ2v) is 8.94. The molecule has 3 aromatic rings. The summed E-state index contributed by atoms with van der Waals surface area (Å²) in [6.45, 7) is 3.05. The minimum Gasteiger partial charge on any atom is -0.335 e. The molecule has 8 nitrogen and oxygen atoms in total. The maximum absolute atomic E-state index is 13.9. The smallest absolute Gasteiger partial charge is 0.335 e. The molecule has 2 saturated heterocycles. The molecule has 1 aromatic carbocycles. The molecule has 0 bridgehead atoms. The van der Waals surface area contributed by atoms with Crippen molar-refractivity contribution in [3.8, 4) is 5.69 Å². The van der Waals surface area contributed by atoms with Crippen LogP contribution in [0.3, 0.4) is 0 Å². The van der Waals surface area contributed by atoms with Gasteiger partial charge in [-0.2, -0.15) is 18.3 Å². The number of hydrogen-bond acceptors (Lipinski definition) is 6. The number of nitrogens with zero attached hydrogens (tertiary/aromatic N) is 6. The van der Waals surface area contributed by atoms with E-state index in [9.17, 15) is 22.8 Å². The molecule has 0 saturated carbocycles. The van der Waals surface area contributed by atoms with Crippen LogP contribution in [0.5, 0.6) is 0 Å². The van der Waals surface area contributed by atoms with Crippen LogP contribution in [0.25, 0.3) is 5.69 Å². The van der Waals surface area contributed by atoms with Gasteiger partial charge in [0.2, 0.25) is 0 Å². The fourth-order valence-electron chi connectivity index (χ4n) is 4.34. The molecule has 34 heavy (non-hydrogen) atoms. The molecule has 0 aliphatic carbocycles. The average molecular weight is 491 g/mol. The predicted octanol–water partition coefficient (Wildman–Crippen LogP) is 2.63. The molecule has 12 heteroatoms. The number of hydrogen-bond donors (Lipinski definition) is 0. The summed E-state index contributed by atoms with van der Waals surface area (Å²) >= 11 is 1.37. The minimum atomic E-state index is -4.73. The highest BCUT2D eigenvalue weighted by Crippen LogP contribution is 2.35. The molecule has 178 valence electrons. The lowest BCUT2D eigenvalue weighted by Gasteiger charge is -2.48. The second kappa shape index (κ2) is 8.84. The number of rotatable bonds is 4. The highest BCUT2D eigenvalue weighted by atomic mass is 32.1. The third-order valence-corrected chi connectivity index (χ3v) is 6.77.